The number of aliphatic carboxylic acids is 6. The van der Waals surface area contributed by atoms with Gasteiger partial charge in [-0.1, -0.05) is 0 Å². The van der Waals surface area contributed by atoms with E-state index >= 15 is 0 Å². The van der Waals surface area contributed by atoms with Crippen LogP contribution in [0.2, 0.25) is 0 Å². The largest absolute Gasteiger partial charge is 3.00 e. The van der Waals surface area contributed by atoms with E-state index in [1.807, 2.05) is 0 Å². The van der Waals surface area contributed by atoms with E-state index in [9.17, 15) is 59.4 Å². The fourth-order valence-electron chi connectivity index (χ4n) is 0.653. The van der Waals surface area contributed by atoms with Crippen molar-refractivity contribution < 1.29 is 59.4 Å². The number of thioether (sulfide) groups is 3. The van der Waals surface area contributed by atoms with Crippen molar-refractivity contribution in [1.29, 1.82) is 0 Å². The first-order valence-corrected chi connectivity index (χ1v) is 9.77. The van der Waals surface area contributed by atoms with Crippen molar-refractivity contribution in [3.8, 4) is 0 Å². The molecule has 0 aliphatic heterocycles. The van der Waals surface area contributed by atoms with Gasteiger partial charge in [-0.2, -0.15) is 0 Å². The molecule has 0 atom stereocenters. The summed E-state index contributed by atoms with van der Waals surface area (Å²) in [5.74, 6) is -9.36. The van der Waals surface area contributed by atoms with Crippen molar-refractivity contribution in [1.82, 2.24) is 0 Å². The van der Waals surface area contributed by atoms with Gasteiger partial charge in [-0.25, -0.2) is 0 Å². The Hall–Kier alpha value is -1.07. The molecule has 0 aliphatic rings. The maximum absolute atomic E-state index is 9.64. The maximum atomic E-state index is 9.64. The molecule has 0 amide bonds. The molecule has 0 heterocycles. The molecule has 17 heteroatoms. The van der Waals surface area contributed by atoms with Gasteiger partial charge in [-0.05, 0) is 0 Å². The molecule has 0 radical (unpaired) electrons. The van der Waals surface area contributed by atoms with Crippen LogP contribution in [0.15, 0.2) is 0 Å². The van der Waals surface area contributed by atoms with E-state index in [-0.39, 0.29) is 69.2 Å². The van der Waals surface area contributed by atoms with Gasteiger partial charge in [0.1, 0.15) is 0 Å². The SMILES string of the molecule is O=C([O-])CSCC(=O)[O-].O=C([O-])CSCC(=O)[O-].O=C([O-])CSCC(=O)[O-].[Al+3].[Al+3]. The van der Waals surface area contributed by atoms with Gasteiger partial charge in [0.15, 0.2) is 0 Å². The number of hydrogen-bond acceptors (Lipinski definition) is 15. The Labute approximate surface area is 199 Å². The van der Waals surface area contributed by atoms with Crippen LogP contribution >= 0.6 is 35.3 Å². The number of hydrogen-bond donors (Lipinski definition) is 0. The average molecular weight is 498 g/mol. The molecule has 0 aromatic rings. The Morgan fingerprint density at radius 3 is 0.552 bits per heavy atom. The summed E-state index contributed by atoms with van der Waals surface area (Å²) in [4.78, 5) is 57.8. The van der Waals surface area contributed by atoms with Crippen molar-refractivity contribution in [3.63, 3.8) is 0 Å². The molecule has 0 aromatic carbocycles. The Bertz CT molecular complexity index is 405. The fourth-order valence-corrected chi connectivity index (χ4v) is 1.96. The summed E-state index contributed by atoms with van der Waals surface area (Å²) in [5.41, 5.74) is 0. The van der Waals surface area contributed by atoms with Crippen LogP contribution in [-0.2, 0) is 28.8 Å². The predicted octanol–water partition coefficient (Wildman–Crippen LogP) is -9.10. The molecule has 0 unspecified atom stereocenters. The summed E-state index contributed by atoms with van der Waals surface area (Å²) >= 11 is 2.24. The third-order valence-corrected chi connectivity index (χ3v) is 3.96. The maximum Gasteiger partial charge on any atom is 3.00 e. The first-order chi connectivity index (χ1) is 12.4. The van der Waals surface area contributed by atoms with Crippen molar-refractivity contribution in [2.24, 2.45) is 0 Å². The van der Waals surface area contributed by atoms with Gasteiger partial charge in [0.25, 0.3) is 0 Å². The fraction of sp³-hybridized carbons (Fsp3) is 0.500. The van der Waals surface area contributed by atoms with Gasteiger partial charge in [0.05, 0.1) is 35.8 Å². The topological polar surface area (TPSA) is 241 Å². The van der Waals surface area contributed by atoms with Gasteiger partial charge in [0.2, 0.25) is 0 Å². The second kappa shape index (κ2) is 26.9. The van der Waals surface area contributed by atoms with E-state index < -0.39 is 35.8 Å². The molecule has 0 fully saturated rings. The van der Waals surface area contributed by atoms with Crippen LogP contribution in [0.3, 0.4) is 0 Å². The minimum Gasteiger partial charge on any atom is -0.549 e. The molecular formula is C12H12Al2O12S3. The van der Waals surface area contributed by atoms with E-state index in [0.717, 1.165) is 35.3 Å². The van der Waals surface area contributed by atoms with E-state index in [0.29, 0.717) is 0 Å². The van der Waals surface area contributed by atoms with Crippen LogP contribution < -0.4 is 30.6 Å². The second-order valence-electron chi connectivity index (χ2n) is 3.71. The van der Waals surface area contributed by atoms with Gasteiger partial charge in [-0.15, -0.1) is 35.3 Å². The molecule has 156 valence electrons. The molecule has 29 heavy (non-hydrogen) atoms. The smallest absolute Gasteiger partial charge is 0.549 e. The van der Waals surface area contributed by atoms with Gasteiger partial charge < -0.3 is 59.4 Å². The van der Waals surface area contributed by atoms with Gasteiger partial charge in [0, 0.05) is 34.5 Å². The minimum absolute atomic E-state index is 0. The van der Waals surface area contributed by atoms with Crippen molar-refractivity contribution in [2.45, 2.75) is 0 Å². The van der Waals surface area contributed by atoms with E-state index in [1.165, 1.54) is 0 Å². The molecule has 0 spiro atoms. The molecule has 0 saturated heterocycles. The molecule has 0 aliphatic carbocycles. The van der Waals surface area contributed by atoms with Crippen LogP contribution in [0.25, 0.3) is 0 Å². The molecule has 12 nitrogen and oxygen atoms in total. The molecule has 0 bridgehead atoms. The molecule has 0 saturated carbocycles. The Balaban J connectivity index is -0.0000000960. The van der Waals surface area contributed by atoms with E-state index in [4.69, 9.17) is 0 Å². The summed E-state index contributed by atoms with van der Waals surface area (Å²) in [6, 6.07) is 0. The van der Waals surface area contributed by atoms with E-state index in [1.54, 1.807) is 0 Å². The monoisotopic (exact) mass is 498 g/mol. The Morgan fingerprint density at radius 2 is 0.483 bits per heavy atom. The zero-order valence-corrected chi connectivity index (χ0v) is 19.3. The molecule has 0 aromatic heterocycles. The zero-order valence-electron chi connectivity index (χ0n) is 14.5. The van der Waals surface area contributed by atoms with Gasteiger partial charge >= 0.3 is 34.7 Å². The Kier molecular flexibility index (Phi) is 35.8. The van der Waals surface area contributed by atoms with Crippen molar-refractivity contribution >= 4 is 106 Å². The van der Waals surface area contributed by atoms with E-state index in [2.05, 4.69) is 0 Å². The Morgan fingerprint density at radius 1 is 0.379 bits per heavy atom. The van der Waals surface area contributed by atoms with Crippen LogP contribution in [-0.4, -0.2) is 105 Å². The summed E-state index contributed by atoms with van der Waals surface area (Å²) in [5, 5.41) is 57.8. The first kappa shape index (κ1) is 38.5. The quantitative estimate of drug-likeness (QED) is 0.227. The van der Waals surface area contributed by atoms with Crippen LogP contribution in [0.4, 0.5) is 0 Å². The van der Waals surface area contributed by atoms with Crippen molar-refractivity contribution in [3.05, 3.63) is 0 Å². The summed E-state index contributed by atoms with van der Waals surface area (Å²) < 4.78 is 0. The third-order valence-electron chi connectivity index (χ3n) is 1.32. The number of carboxylic acid groups (broad SMARTS) is 6. The van der Waals surface area contributed by atoms with Crippen molar-refractivity contribution in [2.75, 3.05) is 34.5 Å². The van der Waals surface area contributed by atoms with Crippen LogP contribution in [0, 0.1) is 0 Å². The van der Waals surface area contributed by atoms with Gasteiger partial charge in [-0.3, -0.25) is 0 Å². The first-order valence-electron chi connectivity index (χ1n) is 6.30. The third kappa shape index (κ3) is 58.4. The number of rotatable bonds is 12. The summed E-state index contributed by atoms with van der Waals surface area (Å²) in [6.07, 6.45) is 0. The number of carbonyl (C=O) groups excluding carboxylic acids is 6. The molecular weight excluding hydrogens is 486 g/mol. The number of carbonyl (C=O) groups is 6. The number of carboxylic acids is 6. The van der Waals surface area contributed by atoms with Crippen LogP contribution in [0.1, 0.15) is 0 Å². The standard InChI is InChI=1S/3C4H6O4S.2Al/c3*5-3(6)1-9-2-4(7)8;;/h3*1-2H2,(H,5,6)(H,7,8);;/q;;;2*+3/p-6. The molecule has 0 N–H and O–H groups in total. The zero-order chi connectivity index (χ0) is 21.8. The predicted molar refractivity (Wildman–Crippen MR) is 93.5 cm³/mol. The minimum atomic E-state index is -1.26. The normalized spacial score (nSPS) is 8.28. The summed E-state index contributed by atoms with van der Waals surface area (Å²) in [7, 11) is 0. The molecule has 0 rings (SSSR count). The summed E-state index contributed by atoms with van der Waals surface area (Å²) in [6.45, 7) is 0. The second-order valence-corrected chi connectivity index (χ2v) is 6.67. The average Bonchev–Trinajstić information content (AvgIpc) is 2.46. The van der Waals surface area contributed by atoms with Crippen LogP contribution in [0.5, 0.6) is 0 Å².